The number of carbonyl (C=O) groups is 2. The van der Waals surface area contributed by atoms with E-state index in [1.165, 1.54) is 36.4 Å². The molecule has 7 heteroatoms. The Balaban J connectivity index is 1.61. The Hall–Kier alpha value is -3.58. The van der Waals surface area contributed by atoms with Crippen molar-refractivity contribution in [2.24, 2.45) is 0 Å². The van der Waals surface area contributed by atoms with Crippen molar-refractivity contribution in [3.8, 4) is 0 Å². The van der Waals surface area contributed by atoms with E-state index in [9.17, 15) is 18.4 Å². The van der Waals surface area contributed by atoms with E-state index in [1.54, 1.807) is 48.3 Å². The predicted octanol–water partition coefficient (Wildman–Crippen LogP) is 4.29. The van der Waals surface area contributed by atoms with Gasteiger partial charge >= 0.3 is 0 Å². The molecular formula is C23H21F2N3O2. The largest absolute Gasteiger partial charge is 0.324 e. The van der Waals surface area contributed by atoms with Gasteiger partial charge in [0.1, 0.15) is 11.6 Å². The third kappa shape index (κ3) is 5.96. The Morgan fingerprint density at radius 3 is 2.10 bits per heavy atom. The van der Waals surface area contributed by atoms with Crippen molar-refractivity contribution in [1.29, 1.82) is 0 Å². The summed E-state index contributed by atoms with van der Waals surface area (Å²) >= 11 is 0. The van der Waals surface area contributed by atoms with Gasteiger partial charge in [0, 0.05) is 12.2 Å². The van der Waals surface area contributed by atoms with Gasteiger partial charge in [-0.1, -0.05) is 24.3 Å². The highest BCUT2D eigenvalue weighted by molar-refractivity contribution is 6.10. The fourth-order valence-corrected chi connectivity index (χ4v) is 2.91. The summed E-state index contributed by atoms with van der Waals surface area (Å²) in [5.74, 6) is -1.42. The summed E-state index contributed by atoms with van der Waals surface area (Å²) in [7, 11) is 1.77. The number of nitrogens with one attached hydrogen (secondary N) is 2. The van der Waals surface area contributed by atoms with E-state index in [0.717, 1.165) is 5.56 Å². The van der Waals surface area contributed by atoms with Crippen LogP contribution in [0.4, 0.5) is 20.2 Å². The van der Waals surface area contributed by atoms with Crippen LogP contribution in [0.1, 0.15) is 15.9 Å². The van der Waals surface area contributed by atoms with Crippen molar-refractivity contribution >= 4 is 23.2 Å². The smallest absolute Gasteiger partial charge is 0.257 e. The number of nitrogens with zero attached hydrogens (tertiary/aromatic N) is 1. The van der Waals surface area contributed by atoms with Gasteiger partial charge in [0.2, 0.25) is 5.91 Å². The number of hydrogen-bond acceptors (Lipinski definition) is 3. The number of para-hydroxylation sites is 1. The fraction of sp³-hybridized carbons (Fsp3) is 0.130. The monoisotopic (exact) mass is 409 g/mol. The van der Waals surface area contributed by atoms with Gasteiger partial charge in [0.05, 0.1) is 17.8 Å². The third-order valence-corrected chi connectivity index (χ3v) is 4.33. The highest BCUT2D eigenvalue weighted by Gasteiger charge is 2.14. The maximum absolute atomic E-state index is 13.0. The summed E-state index contributed by atoms with van der Waals surface area (Å²) in [6.07, 6.45) is 0. The molecule has 154 valence electrons. The lowest BCUT2D eigenvalue weighted by molar-refractivity contribution is -0.117. The van der Waals surface area contributed by atoms with E-state index in [0.29, 0.717) is 17.9 Å². The van der Waals surface area contributed by atoms with Gasteiger partial charge in [-0.25, -0.2) is 8.78 Å². The maximum atomic E-state index is 13.0. The molecule has 0 aliphatic heterocycles. The molecule has 3 aromatic carbocycles. The van der Waals surface area contributed by atoms with Crippen LogP contribution in [0.2, 0.25) is 0 Å². The Labute approximate surface area is 173 Å². The minimum Gasteiger partial charge on any atom is -0.324 e. The third-order valence-electron chi connectivity index (χ3n) is 4.33. The van der Waals surface area contributed by atoms with E-state index in [-0.39, 0.29) is 23.8 Å². The molecule has 0 heterocycles. The number of hydrogen-bond donors (Lipinski definition) is 2. The average molecular weight is 409 g/mol. The van der Waals surface area contributed by atoms with Crippen LogP contribution in [0.25, 0.3) is 0 Å². The first kappa shape index (κ1) is 21.1. The molecule has 0 atom stereocenters. The van der Waals surface area contributed by atoms with E-state index in [2.05, 4.69) is 10.6 Å². The van der Waals surface area contributed by atoms with Gasteiger partial charge in [0.15, 0.2) is 0 Å². The normalized spacial score (nSPS) is 10.7. The Morgan fingerprint density at radius 1 is 0.833 bits per heavy atom. The molecule has 0 spiro atoms. The number of rotatable bonds is 7. The topological polar surface area (TPSA) is 61.4 Å². The van der Waals surface area contributed by atoms with Gasteiger partial charge in [-0.15, -0.1) is 0 Å². The van der Waals surface area contributed by atoms with Crippen LogP contribution in [0.3, 0.4) is 0 Å². The molecule has 0 saturated carbocycles. The van der Waals surface area contributed by atoms with Crippen LogP contribution in [0, 0.1) is 11.6 Å². The Bertz CT molecular complexity index is 1020. The summed E-state index contributed by atoms with van der Waals surface area (Å²) in [5, 5.41) is 5.43. The Kier molecular flexibility index (Phi) is 6.87. The minimum atomic E-state index is -0.419. The highest BCUT2D eigenvalue weighted by atomic mass is 19.1. The lowest BCUT2D eigenvalue weighted by atomic mass is 10.1. The van der Waals surface area contributed by atoms with E-state index in [1.807, 2.05) is 0 Å². The zero-order valence-corrected chi connectivity index (χ0v) is 16.4. The van der Waals surface area contributed by atoms with Crippen molar-refractivity contribution in [3.05, 3.63) is 95.6 Å². The second-order valence-corrected chi connectivity index (χ2v) is 6.85. The van der Waals surface area contributed by atoms with Crippen LogP contribution in [0.5, 0.6) is 0 Å². The molecule has 0 bridgehead atoms. The summed E-state index contributed by atoms with van der Waals surface area (Å²) in [6.45, 7) is 0.561. The minimum absolute atomic E-state index is 0.0886. The van der Waals surface area contributed by atoms with Crippen LogP contribution in [-0.2, 0) is 11.3 Å². The second kappa shape index (κ2) is 9.76. The lowest BCUT2D eigenvalue weighted by Gasteiger charge is -2.17. The van der Waals surface area contributed by atoms with Crippen molar-refractivity contribution in [2.45, 2.75) is 6.54 Å². The predicted molar refractivity (Wildman–Crippen MR) is 112 cm³/mol. The molecule has 0 aliphatic rings. The van der Waals surface area contributed by atoms with E-state index in [4.69, 9.17) is 0 Å². The molecule has 0 radical (unpaired) electrons. The molecule has 0 saturated heterocycles. The summed E-state index contributed by atoms with van der Waals surface area (Å²) in [6, 6.07) is 18.1. The average Bonchev–Trinajstić information content (AvgIpc) is 2.71. The number of likely N-dealkylation sites (N-methyl/N-ethyl adjacent to an activating group) is 1. The quantitative estimate of drug-likeness (QED) is 0.612. The summed E-state index contributed by atoms with van der Waals surface area (Å²) < 4.78 is 26.0. The lowest BCUT2D eigenvalue weighted by Crippen LogP contribution is -2.30. The summed E-state index contributed by atoms with van der Waals surface area (Å²) in [4.78, 5) is 26.8. The zero-order chi connectivity index (χ0) is 21.5. The molecule has 0 fully saturated rings. The summed E-state index contributed by atoms with van der Waals surface area (Å²) in [5.41, 5.74) is 1.99. The van der Waals surface area contributed by atoms with Crippen molar-refractivity contribution in [1.82, 2.24) is 4.90 Å². The molecule has 2 N–H and O–H groups in total. The number of anilines is 2. The van der Waals surface area contributed by atoms with Crippen molar-refractivity contribution < 1.29 is 18.4 Å². The van der Waals surface area contributed by atoms with Crippen LogP contribution < -0.4 is 10.6 Å². The number of amides is 2. The molecule has 5 nitrogen and oxygen atoms in total. The van der Waals surface area contributed by atoms with E-state index < -0.39 is 11.7 Å². The first-order chi connectivity index (χ1) is 14.4. The molecule has 0 aromatic heterocycles. The van der Waals surface area contributed by atoms with Gasteiger partial charge in [-0.2, -0.15) is 0 Å². The first-order valence-electron chi connectivity index (χ1n) is 9.29. The van der Waals surface area contributed by atoms with Crippen molar-refractivity contribution in [2.75, 3.05) is 24.2 Å². The SMILES string of the molecule is CN(CC(=O)Nc1ccccc1C(=O)Nc1ccc(F)cc1)Cc1ccc(F)cc1. The molecule has 30 heavy (non-hydrogen) atoms. The van der Waals surface area contributed by atoms with Gasteiger partial charge in [0.25, 0.3) is 5.91 Å². The van der Waals surface area contributed by atoms with Crippen LogP contribution >= 0.6 is 0 Å². The van der Waals surface area contributed by atoms with Gasteiger partial charge in [-0.3, -0.25) is 14.5 Å². The molecule has 3 aromatic rings. The van der Waals surface area contributed by atoms with Crippen LogP contribution in [-0.4, -0.2) is 30.3 Å². The van der Waals surface area contributed by atoms with Gasteiger partial charge < -0.3 is 10.6 Å². The number of benzene rings is 3. The molecule has 3 rings (SSSR count). The maximum Gasteiger partial charge on any atom is 0.257 e. The number of carbonyl (C=O) groups excluding carboxylic acids is 2. The molecule has 2 amide bonds. The van der Waals surface area contributed by atoms with E-state index >= 15 is 0 Å². The highest BCUT2D eigenvalue weighted by Crippen LogP contribution is 2.18. The molecule has 0 unspecified atom stereocenters. The molecular weight excluding hydrogens is 388 g/mol. The Morgan fingerprint density at radius 2 is 1.43 bits per heavy atom. The van der Waals surface area contributed by atoms with Crippen LogP contribution in [0.15, 0.2) is 72.8 Å². The zero-order valence-electron chi connectivity index (χ0n) is 16.4. The standard InChI is InChI=1S/C23H21F2N3O2/c1-28(14-16-6-8-17(24)9-7-16)15-22(29)27-21-5-3-2-4-20(21)23(30)26-19-12-10-18(25)11-13-19/h2-13H,14-15H2,1H3,(H,26,30)(H,27,29). The van der Waals surface area contributed by atoms with Gasteiger partial charge in [-0.05, 0) is 61.1 Å². The van der Waals surface area contributed by atoms with Crippen molar-refractivity contribution in [3.63, 3.8) is 0 Å². The number of halogens is 2. The first-order valence-corrected chi connectivity index (χ1v) is 9.29. The second-order valence-electron chi connectivity index (χ2n) is 6.85. The fourth-order valence-electron chi connectivity index (χ4n) is 2.91. The molecule has 0 aliphatic carbocycles.